The van der Waals surface area contributed by atoms with Crippen LogP contribution in [-0.2, 0) is 4.74 Å². The van der Waals surface area contributed by atoms with Gasteiger partial charge in [-0.2, -0.15) is 0 Å². The molecule has 1 heterocycles. The monoisotopic (exact) mass is 266 g/mol. The normalized spacial score (nSPS) is 22.4. The lowest BCUT2D eigenvalue weighted by Gasteiger charge is -2.36. The molecule has 4 heteroatoms. The Morgan fingerprint density at radius 3 is 2.95 bits per heavy atom. The highest BCUT2D eigenvalue weighted by molar-refractivity contribution is 5.27. The largest absolute Gasteiger partial charge is 0.374 e. The average molecular weight is 266 g/mol. The SMILES string of the molecule is CCN1CCOC(C(NC)c2ccc(F)c(C)c2)C1. The van der Waals surface area contributed by atoms with Crippen LogP contribution in [0.4, 0.5) is 4.39 Å². The Morgan fingerprint density at radius 2 is 2.32 bits per heavy atom. The van der Waals surface area contributed by atoms with E-state index in [1.165, 1.54) is 6.07 Å². The van der Waals surface area contributed by atoms with Crippen LogP contribution in [0.25, 0.3) is 0 Å². The molecule has 1 aliphatic heterocycles. The fraction of sp³-hybridized carbons (Fsp3) is 0.600. The number of aryl methyl sites for hydroxylation is 1. The van der Waals surface area contributed by atoms with Crippen LogP contribution in [0.3, 0.4) is 0 Å². The van der Waals surface area contributed by atoms with Gasteiger partial charge in [-0.05, 0) is 37.7 Å². The molecule has 0 saturated carbocycles. The highest BCUT2D eigenvalue weighted by Gasteiger charge is 2.27. The Labute approximate surface area is 114 Å². The second-order valence-electron chi connectivity index (χ2n) is 5.08. The molecule has 0 spiro atoms. The first-order valence-electron chi connectivity index (χ1n) is 6.93. The van der Waals surface area contributed by atoms with Crippen molar-refractivity contribution < 1.29 is 9.13 Å². The lowest BCUT2D eigenvalue weighted by atomic mass is 9.98. The average Bonchev–Trinajstić information content (AvgIpc) is 2.44. The van der Waals surface area contributed by atoms with E-state index in [-0.39, 0.29) is 18.0 Å². The van der Waals surface area contributed by atoms with Crippen LogP contribution in [0, 0.1) is 12.7 Å². The van der Waals surface area contributed by atoms with Gasteiger partial charge in [0, 0.05) is 13.1 Å². The maximum absolute atomic E-state index is 13.4. The maximum Gasteiger partial charge on any atom is 0.126 e. The molecule has 1 aliphatic rings. The highest BCUT2D eigenvalue weighted by Crippen LogP contribution is 2.23. The van der Waals surface area contributed by atoms with Crippen molar-refractivity contribution in [2.24, 2.45) is 0 Å². The van der Waals surface area contributed by atoms with Crippen LogP contribution in [0.15, 0.2) is 18.2 Å². The van der Waals surface area contributed by atoms with E-state index in [1.54, 1.807) is 6.92 Å². The summed E-state index contributed by atoms with van der Waals surface area (Å²) in [6, 6.07) is 5.39. The first-order chi connectivity index (χ1) is 9.15. The zero-order valence-corrected chi connectivity index (χ0v) is 11.9. The van der Waals surface area contributed by atoms with Crippen LogP contribution < -0.4 is 5.32 Å². The molecule has 1 N–H and O–H groups in total. The molecule has 1 saturated heterocycles. The maximum atomic E-state index is 13.4. The van der Waals surface area contributed by atoms with Crippen molar-refractivity contribution in [1.82, 2.24) is 10.2 Å². The zero-order chi connectivity index (χ0) is 13.8. The molecule has 0 bridgehead atoms. The van der Waals surface area contributed by atoms with E-state index >= 15 is 0 Å². The molecule has 19 heavy (non-hydrogen) atoms. The molecular formula is C15H23FN2O. The summed E-state index contributed by atoms with van der Waals surface area (Å²) in [5, 5.41) is 3.31. The number of nitrogens with zero attached hydrogens (tertiary/aromatic N) is 1. The summed E-state index contributed by atoms with van der Waals surface area (Å²) in [4.78, 5) is 2.38. The van der Waals surface area contributed by atoms with Crippen LogP contribution >= 0.6 is 0 Å². The summed E-state index contributed by atoms with van der Waals surface area (Å²) >= 11 is 0. The number of morpholine rings is 1. The molecule has 0 aliphatic carbocycles. The van der Waals surface area contributed by atoms with E-state index in [1.807, 2.05) is 19.2 Å². The second kappa shape index (κ2) is 6.46. The fourth-order valence-corrected chi connectivity index (χ4v) is 2.65. The predicted octanol–water partition coefficient (Wildman–Crippen LogP) is 2.12. The number of halogens is 1. The van der Waals surface area contributed by atoms with Crippen molar-refractivity contribution in [3.05, 3.63) is 35.1 Å². The minimum absolute atomic E-state index is 0.105. The molecule has 1 aromatic rings. The minimum Gasteiger partial charge on any atom is -0.374 e. The van der Waals surface area contributed by atoms with Gasteiger partial charge in [-0.15, -0.1) is 0 Å². The fourth-order valence-electron chi connectivity index (χ4n) is 2.65. The summed E-state index contributed by atoms with van der Waals surface area (Å²) in [5.41, 5.74) is 1.77. The van der Waals surface area contributed by atoms with Crippen molar-refractivity contribution in [1.29, 1.82) is 0 Å². The van der Waals surface area contributed by atoms with Crippen LogP contribution in [0.1, 0.15) is 24.1 Å². The quantitative estimate of drug-likeness (QED) is 0.903. The van der Waals surface area contributed by atoms with E-state index in [0.29, 0.717) is 5.56 Å². The van der Waals surface area contributed by atoms with Crippen molar-refractivity contribution in [2.45, 2.75) is 26.0 Å². The summed E-state index contributed by atoms with van der Waals surface area (Å²) in [6.07, 6.45) is 0.114. The molecule has 3 nitrogen and oxygen atoms in total. The van der Waals surface area contributed by atoms with Gasteiger partial charge in [0.15, 0.2) is 0 Å². The van der Waals surface area contributed by atoms with Crippen LogP contribution in [0.5, 0.6) is 0 Å². The standard InChI is InChI=1S/C15H23FN2O/c1-4-18-7-8-19-14(10-18)15(17-3)12-5-6-13(16)11(2)9-12/h5-6,9,14-15,17H,4,7-8,10H2,1-3H3. The smallest absolute Gasteiger partial charge is 0.126 e. The van der Waals surface area contributed by atoms with Gasteiger partial charge in [-0.3, -0.25) is 4.90 Å². The molecule has 1 fully saturated rings. The lowest BCUT2D eigenvalue weighted by Crippen LogP contribution is -2.47. The zero-order valence-electron chi connectivity index (χ0n) is 11.9. The summed E-state index contributed by atoms with van der Waals surface area (Å²) in [7, 11) is 1.93. The van der Waals surface area contributed by atoms with E-state index in [0.717, 1.165) is 31.8 Å². The van der Waals surface area contributed by atoms with Gasteiger partial charge < -0.3 is 10.1 Å². The Morgan fingerprint density at radius 1 is 1.53 bits per heavy atom. The van der Waals surface area contributed by atoms with Crippen molar-refractivity contribution in [3.8, 4) is 0 Å². The number of ether oxygens (including phenoxy) is 1. The Bertz CT molecular complexity index is 425. The molecule has 0 amide bonds. The Balaban J connectivity index is 2.16. The number of hydrogen-bond donors (Lipinski definition) is 1. The third kappa shape index (κ3) is 3.32. The van der Waals surface area contributed by atoms with Gasteiger partial charge in [0.05, 0.1) is 18.8 Å². The summed E-state index contributed by atoms with van der Waals surface area (Å²) < 4.78 is 19.3. The first-order valence-corrected chi connectivity index (χ1v) is 6.93. The number of hydrogen-bond acceptors (Lipinski definition) is 3. The summed E-state index contributed by atoms with van der Waals surface area (Å²) in [5.74, 6) is -0.154. The number of likely N-dealkylation sites (N-methyl/N-ethyl adjacent to an activating group) is 2. The van der Waals surface area contributed by atoms with Crippen LogP contribution in [-0.4, -0.2) is 44.3 Å². The number of benzene rings is 1. The molecule has 106 valence electrons. The third-order valence-corrected chi connectivity index (χ3v) is 3.85. The van der Waals surface area contributed by atoms with Gasteiger partial charge in [-0.25, -0.2) is 4.39 Å². The van der Waals surface area contributed by atoms with Gasteiger partial charge >= 0.3 is 0 Å². The van der Waals surface area contributed by atoms with Gasteiger partial charge in [-0.1, -0.05) is 19.1 Å². The molecule has 1 aromatic carbocycles. The highest BCUT2D eigenvalue weighted by atomic mass is 19.1. The Hall–Kier alpha value is -0.970. The first kappa shape index (κ1) is 14.4. The van der Waals surface area contributed by atoms with E-state index < -0.39 is 0 Å². The van der Waals surface area contributed by atoms with Crippen molar-refractivity contribution in [3.63, 3.8) is 0 Å². The number of nitrogens with one attached hydrogen (secondary N) is 1. The Kier molecular flexibility index (Phi) is 4.91. The van der Waals surface area contributed by atoms with Crippen molar-refractivity contribution in [2.75, 3.05) is 33.3 Å². The van der Waals surface area contributed by atoms with E-state index in [9.17, 15) is 4.39 Å². The molecular weight excluding hydrogens is 243 g/mol. The minimum atomic E-state index is -0.154. The molecule has 2 unspecified atom stereocenters. The molecule has 0 aromatic heterocycles. The lowest BCUT2D eigenvalue weighted by molar-refractivity contribution is -0.0444. The number of rotatable bonds is 4. The van der Waals surface area contributed by atoms with Crippen LogP contribution in [0.2, 0.25) is 0 Å². The predicted molar refractivity (Wildman–Crippen MR) is 74.8 cm³/mol. The van der Waals surface area contributed by atoms with Gasteiger partial charge in [0.2, 0.25) is 0 Å². The van der Waals surface area contributed by atoms with E-state index in [4.69, 9.17) is 4.74 Å². The molecule has 2 atom stereocenters. The van der Waals surface area contributed by atoms with Gasteiger partial charge in [0.1, 0.15) is 5.82 Å². The topological polar surface area (TPSA) is 24.5 Å². The van der Waals surface area contributed by atoms with E-state index in [2.05, 4.69) is 17.1 Å². The molecule has 0 radical (unpaired) electrons. The second-order valence-corrected chi connectivity index (χ2v) is 5.08. The molecule has 2 rings (SSSR count). The van der Waals surface area contributed by atoms with Crippen molar-refractivity contribution >= 4 is 0 Å². The third-order valence-electron chi connectivity index (χ3n) is 3.85. The summed E-state index contributed by atoms with van der Waals surface area (Å²) in [6.45, 7) is 7.67. The van der Waals surface area contributed by atoms with Gasteiger partial charge in [0.25, 0.3) is 0 Å².